The first kappa shape index (κ1) is 14.9. The van der Waals surface area contributed by atoms with Crippen LogP contribution in [0, 0.1) is 24.7 Å². The van der Waals surface area contributed by atoms with E-state index in [1.54, 1.807) is 7.11 Å². The van der Waals surface area contributed by atoms with E-state index in [1.807, 2.05) is 0 Å². The number of hydrogen-bond donors (Lipinski definition) is 0. The van der Waals surface area contributed by atoms with E-state index >= 15 is 0 Å². The van der Waals surface area contributed by atoms with Crippen LogP contribution in [0.4, 0.5) is 0 Å². The Bertz CT molecular complexity index is 496. The van der Waals surface area contributed by atoms with Crippen molar-refractivity contribution in [1.29, 1.82) is 0 Å². The first-order valence-electron chi connectivity index (χ1n) is 8.37. The van der Waals surface area contributed by atoms with Crippen LogP contribution in [0.2, 0.25) is 0 Å². The molecule has 2 aliphatic rings. The summed E-state index contributed by atoms with van der Waals surface area (Å²) in [5.74, 6) is 4.44. The maximum Gasteiger partial charge on any atom is 0.119 e. The van der Waals surface area contributed by atoms with E-state index in [2.05, 4.69) is 44.1 Å². The van der Waals surface area contributed by atoms with Crippen LogP contribution < -0.4 is 4.74 Å². The monoisotopic (exact) mass is 287 g/mol. The Kier molecular flexibility index (Phi) is 4.26. The minimum absolute atomic E-state index is 0.715. The molecule has 0 N–H and O–H groups in total. The fourth-order valence-electron chi connectivity index (χ4n) is 4.77. The Hall–Kier alpha value is -1.02. The highest BCUT2D eigenvalue weighted by Gasteiger charge is 2.42. The fraction of sp³-hybridized carbons (Fsp3) is 0.684. The Morgan fingerprint density at radius 2 is 1.95 bits per heavy atom. The van der Waals surface area contributed by atoms with Gasteiger partial charge in [-0.1, -0.05) is 12.5 Å². The second-order valence-electron chi connectivity index (χ2n) is 7.49. The highest BCUT2D eigenvalue weighted by atomic mass is 16.5. The zero-order chi connectivity index (χ0) is 15.0. The average molecular weight is 287 g/mol. The van der Waals surface area contributed by atoms with Crippen molar-refractivity contribution < 1.29 is 4.74 Å². The van der Waals surface area contributed by atoms with Crippen molar-refractivity contribution in [3.8, 4) is 5.75 Å². The molecule has 1 aromatic carbocycles. The molecule has 0 aromatic heterocycles. The molecule has 3 rings (SSSR count). The quantitative estimate of drug-likeness (QED) is 0.827. The molecule has 0 saturated heterocycles. The minimum atomic E-state index is 0.715. The van der Waals surface area contributed by atoms with Crippen molar-refractivity contribution in [3.05, 3.63) is 29.3 Å². The van der Waals surface area contributed by atoms with Gasteiger partial charge in [-0.15, -0.1) is 0 Å². The van der Waals surface area contributed by atoms with Crippen molar-refractivity contribution in [1.82, 2.24) is 4.90 Å². The lowest BCUT2D eigenvalue weighted by molar-refractivity contribution is 0.165. The lowest BCUT2D eigenvalue weighted by Gasteiger charge is -2.39. The van der Waals surface area contributed by atoms with Gasteiger partial charge < -0.3 is 9.64 Å². The normalized spacial score (nSPS) is 31.7. The topological polar surface area (TPSA) is 12.5 Å². The molecule has 2 aliphatic carbocycles. The van der Waals surface area contributed by atoms with Gasteiger partial charge in [0.05, 0.1) is 7.11 Å². The molecule has 2 nitrogen and oxygen atoms in total. The van der Waals surface area contributed by atoms with Gasteiger partial charge in [0.1, 0.15) is 5.75 Å². The molecule has 2 saturated carbocycles. The van der Waals surface area contributed by atoms with Gasteiger partial charge in [0, 0.05) is 6.54 Å². The van der Waals surface area contributed by atoms with Gasteiger partial charge in [-0.05, 0) is 87.2 Å². The molecule has 2 heteroatoms. The second-order valence-corrected chi connectivity index (χ2v) is 7.49. The summed E-state index contributed by atoms with van der Waals surface area (Å²) in [5.41, 5.74) is 2.83. The molecule has 2 fully saturated rings. The van der Waals surface area contributed by atoms with Gasteiger partial charge in [0.2, 0.25) is 0 Å². The van der Waals surface area contributed by atoms with Gasteiger partial charge in [-0.25, -0.2) is 0 Å². The van der Waals surface area contributed by atoms with Crippen LogP contribution >= 0.6 is 0 Å². The molecule has 2 bridgehead atoms. The molecule has 21 heavy (non-hydrogen) atoms. The number of fused-ring (bicyclic) bond motifs is 2. The van der Waals surface area contributed by atoms with Crippen molar-refractivity contribution in [2.24, 2.45) is 17.8 Å². The Morgan fingerprint density at radius 3 is 2.67 bits per heavy atom. The number of hydrogen-bond acceptors (Lipinski definition) is 2. The minimum Gasteiger partial charge on any atom is -0.497 e. The molecular formula is C19H29NO. The molecule has 116 valence electrons. The summed E-state index contributed by atoms with van der Waals surface area (Å²) in [6, 6.07) is 6.81. The highest BCUT2D eigenvalue weighted by molar-refractivity contribution is 5.36. The van der Waals surface area contributed by atoms with Gasteiger partial charge >= 0.3 is 0 Å². The zero-order valence-electron chi connectivity index (χ0n) is 13.9. The number of aryl methyl sites for hydroxylation is 1. The molecule has 4 unspecified atom stereocenters. The third kappa shape index (κ3) is 3.11. The van der Waals surface area contributed by atoms with Crippen LogP contribution in [0.15, 0.2) is 18.2 Å². The van der Waals surface area contributed by atoms with Crippen molar-refractivity contribution in [2.75, 3.05) is 27.7 Å². The van der Waals surface area contributed by atoms with Crippen LogP contribution in [-0.4, -0.2) is 32.6 Å². The van der Waals surface area contributed by atoms with Gasteiger partial charge in [-0.2, -0.15) is 0 Å². The summed E-state index contributed by atoms with van der Waals surface area (Å²) in [6.45, 7) is 3.41. The molecule has 0 spiro atoms. The van der Waals surface area contributed by atoms with E-state index in [0.717, 1.165) is 23.5 Å². The average Bonchev–Trinajstić information content (AvgIpc) is 2.83. The van der Waals surface area contributed by atoms with Crippen molar-refractivity contribution in [2.45, 2.75) is 38.5 Å². The smallest absolute Gasteiger partial charge is 0.119 e. The van der Waals surface area contributed by atoms with Crippen LogP contribution in [0.1, 0.15) is 42.7 Å². The third-order valence-corrected chi connectivity index (χ3v) is 5.60. The van der Waals surface area contributed by atoms with Gasteiger partial charge in [-0.3, -0.25) is 0 Å². The molecule has 0 heterocycles. The van der Waals surface area contributed by atoms with E-state index in [1.165, 1.54) is 43.4 Å². The standard InChI is InChI=1S/C19H29NO/c1-13-7-16(11-17(8-13)21-4)18-10-14-5-6-15(9-14)19(18)12-20(2)3/h7-8,11,14-15,18-19H,5-6,9-10,12H2,1-4H3. The second kappa shape index (κ2) is 6.00. The maximum atomic E-state index is 5.50. The third-order valence-electron chi connectivity index (χ3n) is 5.60. The number of methoxy groups -OCH3 is 1. The van der Waals surface area contributed by atoms with Crippen LogP contribution in [0.25, 0.3) is 0 Å². The highest BCUT2D eigenvalue weighted by Crippen LogP contribution is 2.52. The van der Waals surface area contributed by atoms with Crippen LogP contribution in [0.5, 0.6) is 5.75 Å². The number of benzene rings is 1. The molecule has 0 radical (unpaired) electrons. The van der Waals surface area contributed by atoms with E-state index in [-0.39, 0.29) is 0 Å². The first-order chi connectivity index (χ1) is 10.1. The van der Waals surface area contributed by atoms with Crippen LogP contribution in [0.3, 0.4) is 0 Å². The Labute approximate surface area is 129 Å². The molecule has 4 atom stereocenters. The fourth-order valence-corrected chi connectivity index (χ4v) is 4.77. The summed E-state index contributed by atoms with van der Waals surface area (Å²) in [5, 5.41) is 0. The summed E-state index contributed by atoms with van der Waals surface area (Å²) in [6.07, 6.45) is 5.75. The largest absolute Gasteiger partial charge is 0.497 e. The first-order valence-corrected chi connectivity index (χ1v) is 8.37. The summed E-state index contributed by atoms with van der Waals surface area (Å²) < 4.78 is 5.50. The van der Waals surface area contributed by atoms with E-state index in [9.17, 15) is 0 Å². The SMILES string of the molecule is COc1cc(C)cc(C2CC3CCC(C3)C2CN(C)C)c1. The lowest BCUT2D eigenvalue weighted by atomic mass is 9.69. The van der Waals surface area contributed by atoms with Crippen molar-refractivity contribution >= 4 is 0 Å². The molecule has 0 aliphatic heterocycles. The predicted octanol–water partition coefficient (Wildman–Crippen LogP) is 4.09. The maximum absolute atomic E-state index is 5.50. The molecular weight excluding hydrogens is 258 g/mol. The Morgan fingerprint density at radius 1 is 1.14 bits per heavy atom. The predicted molar refractivity (Wildman–Crippen MR) is 88.0 cm³/mol. The van der Waals surface area contributed by atoms with E-state index in [4.69, 9.17) is 4.74 Å². The number of rotatable bonds is 4. The van der Waals surface area contributed by atoms with Crippen LogP contribution in [-0.2, 0) is 0 Å². The summed E-state index contributed by atoms with van der Waals surface area (Å²) >= 11 is 0. The summed E-state index contributed by atoms with van der Waals surface area (Å²) in [4.78, 5) is 2.38. The zero-order valence-corrected chi connectivity index (χ0v) is 13.9. The van der Waals surface area contributed by atoms with E-state index < -0.39 is 0 Å². The summed E-state index contributed by atoms with van der Waals surface area (Å²) in [7, 11) is 6.21. The molecule has 1 aromatic rings. The number of nitrogens with zero attached hydrogens (tertiary/aromatic N) is 1. The Balaban J connectivity index is 1.92. The number of ether oxygens (including phenoxy) is 1. The van der Waals surface area contributed by atoms with Gasteiger partial charge in [0.15, 0.2) is 0 Å². The van der Waals surface area contributed by atoms with Gasteiger partial charge in [0.25, 0.3) is 0 Å². The molecule has 0 amide bonds. The lowest BCUT2D eigenvalue weighted by Crippen LogP contribution is -2.34. The van der Waals surface area contributed by atoms with Crippen molar-refractivity contribution in [3.63, 3.8) is 0 Å². The van der Waals surface area contributed by atoms with E-state index in [0.29, 0.717) is 5.92 Å².